The summed E-state index contributed by atoms with van der Waals surface area (Å²) < 4.78 is 1.88. The van der Waals surface area contributed by atoms with Gasteiger partial charge in [0, 0.05) is 31.2 Å². The van der Waals surface area contributed by atoms with Gasteiger partial charge in [0.2, 0.25) is 0 Å². The van der Waals surface area contributed by atoms with Gasteiger partial charge in [0.05, 0.1) is 16.8 Å². The molecule has 0 atom stereocenters. The predicted molar refractivity (Wildman–Crippen MR) is 96.2 cm³/mol. The van der Waals surface area contributed by atoms with Crippen molar-refractivity contribution in [1.29, 1.82) is 0 Å². The Hall–Kier alpha value is -2.18. The third-order valence-electron chi connectivity index (χ3n) is 4.28. The van der Waals surface area contributed by atoms with E-state index in [0.717, 1.165) is 60.2 Å². The van der Waals surface area contributed by atoms with Gasteiger partial charge in [-0.1, -0.05) is 11.6 Å². The van der Waals surface area contributed by atoms with Gasteiger partial charge in [0.25, 0.3) is 0 Å². The number of nitrogens with zero attached hydrogens (tertiary/aromatic N) is 5. The number of anilines is 1. The molecule has 4 rings (SSSR count). The van der Waals surface area contributed by atoms with Gasteiger partial charge in [-0.05, 0) is 38.1 Å². The molecule has 7 heteroatoms. The molecule has 0 aliphatic carbocycles. The van der Waals surface area contributed by atoms with E-state index in [9.17, 15) is 0 Å². The van der Waals surface area contributed by atoms with Crippen LogP contribution in [0, 0.1) is 13.8 Å². The SMILES string of the molecule is Cc1nc(N2CCNCC2)c2c(C)nn(-c3ccc(Cl)cc3)c2n1. The van der Waals surface area contributed by atoms with Crippen LogP contribution < -0.4 is 10.2 Å². The van der Waals surface area contributed by atoms with E-state index in [1.807, 2.05) is 42.8 Å². The van der Waals surface area contributed by atoms with Crippen LogP contribution in [0.3, 0.4) is 0 Å². The summed E-state index contributed by atoms with van der Waals surface area (Å²) in [5, 5.41) is 9.83. The van der Waals surface area contributed by atoms with E-state index < -0.39 is 0 Å². The van der Waals surface area contributed by atoms with E-state index in [-0.39, 0.29) is 0 Å². The topological polar surface area (TPSA) is 58.9 Å². The summed E-state index contributed by atoms with van der Waals surface area (Å²) in [5.74, 6) is 1.74. The predicted octanol–water partition coefficient (Wildman–Crippen LogP) is 2.50. The molecule has 1 fully saturated rings. The molecule has 6 nitrogen and oxygen atoms in total. The number of aryl methyl sites for hydroxylation is 2. The number of aromatic nitrogens is 4. The largest absolute Gasteiger partial charge is 0.353 e. The number of hydrogen-bond donors (Lipinski definition) is 1. The lowest BCUT2D eigenvalue weighted by Gasteiger charge is -2.29. The highest BCUT2D eigenvalue weighted by Crippen LogP contribution is 2.29. The first-order valence-corrected chi connectivity index (χ1v) is 8.47. The second-order valence-corrected chi connectivity index (χ2v) is 6.44. The molecule has 1 aromatic carbocycles. The number of halogens is 1. The van der Waals surface area contributed by atoms with E-state index in [1.165, 1.54) is 0 Å². The lowest BCUT2D eigenvalue weighted by molar-refractivity contribution is 0.585. The number of rotatable bonds is 2. The molecule has 1 aliphatic heterocycles. The molecular formula is C17H19ClN6. The van der Waals surface area contributed by atoms with E-state index in [4.69, 9.17) is 21.7 Å². The maximum absolute atomic E-state index is 6.01. The zero-order chi connectivity index (χ0) is 16.7. The minimum Gasteiger partial charge on any atom is -0.353 e. The van der Waals surface area contributed by atoms with Crippen molar-refractivity contribution < 1.29 is 0 Å². The highest BCUT2D eigenvalue weighted by Gasteiger charge is 2.21. The Morgan fingerprint density at radius 3 is 2.46 bits per heavy atom. The average Bonchev–Trinajstić information content (AvgIpc) is 2.92. The van der Waals surface area contributed by atoms with Crippen molar-refractivity contribution in [1.82, 2.24) is 25.1 Å². The molecule has 2 aromatic heterocycles. The van der Waals surface area contributed by atoms with Gasteiger partial charge in [-0.3, -0.25) is 0 Å². The molecule has 0 bridgehead atoms. The van der Waals surface area contributed by atoms with Gasteiger partial charge in [-0.2, -0.15) is 5.10 Å². The lowest BCUT2D eigenvalue weighted by atomic mass is 10.2. The van der Waals surface area contributed by atoms with Crippen molar-refractivity contribution in [3.05, 3.63) is 40.8 Å². The first kappa shape index (κ1) is 15.4. The maximum Gasteiger partial charge on any atom is 0.168 e. The number of hydrogen-bond acceptors (Lipinski definition) is 5. The summed E-state index contributed by atoms with van der Waals surface area (Å²) >= 11 is 6.01. The molecule has 3 heterocycles. The maximum atomic E-state index is 6.01. The van der Waals surface area contributed by atoms with Crippen LogP contribution in [-0.4, -0.2) is 45.9 Å². The fourth-order valence-electron chi connectivity index (χ4n) is 3.14. The first-order chi connectivity index (χ1) is 11.6. The van der Waals surface area contributed by atoms with Gasteiger partial charge >= 0.3 is 0 Å². The van der Waals surface area contributed by atoms with Gasteiger partial charge in [0.15, 0.2) is 5.65 Å². The smallest absolute Gasteiger partial charge is 0.168 e. The average molecular weight is 343 g/mol. The molecule has 1 saturated heterocycles. The number of piperazine rings is 1. The van der Waals surface area contributed by atoms with Crippen LogP contribution in [-0.2, 0) is 0 Å². The van der Waals surface area contributed by atoms with Crippen LogP contribution in [0.4, 0.5) is 5.82 Å². The summed E-state index contributed by atoms with van der Waals surface area (Å²) in [5.41, 5.74) is 2.73. The van der Waals surface area contributed by atoms with Crippen LogP contribution in [0.5, 0.6) is 0 Å². The number of fused-ring (bicyclic) bond motifs is 1. The van der Waals surface area contributed by atoms with Crippen molar-refractivity contribution in [2.24, 2.45) is 0 Å². The van der Waals surface area contributed by atoms with Crippen molar-refractivity contribution in [3.8, 4) is 5.69 Å². The van der Waals surface area contributed by atoms with Gasteiger partial charge < -0.3 is 10.2 Å². The zero-order valence-corrected chi connectivity index (χ0v) is 14.5. The number of nitrogens with one attached hydrogen (secondary N) is 1. The monoisotopic (exact) mass is 342 g/mol. The normalized spacial score (nSPS) is 15.2. The van der Waals surface area contributed by atoms with E-state index >= 15 is 0 Å². The summed E-state index contributed by atoms with van der Waals surface area (Å²) in [6.45, 7) is 7.76. The van der Waals surface area contributed by atoms with Crippen molar-refractivity contribution in [3.63, 3.8) is 0 Å². The van der Waals surface area contributed by atoms with Crippen molar-refractivity contribution in [2.75, 3.05) is 31.1 Å². The first-order valence-electron chi connectivity index (χ1n) is 8.09. The molecule has 0 amide bonds. The van der Waals surface area contributed by atoms with Crippen LogP contribution in [0.25, 0.3) is 16.7 Å². The third kappa shape index (κ3) is 2.61. The highest BCUT2D eigenvalue weighted by atomic mass is 35.5. The van der Waals surface area contributed by atoms with E-state index in [1.54, 1.807) is 0 Å². The van der Waals surface area contributed by atoms with Crippen LogP contribution in [0.1, 0.15) is 11.5 Å². The van der Waals surface area contributed by atoms with E-state index in [0.29, 0.717) is 5.02 Å². The van der Waals surface area contributed by atoms with Crippen LogP contribution >= 0.6 is 11.6 Å². The van der Waals surface area contributed by atoms with Crippen molar-refractivity contribution in [2.45, 2.75) is 13.8 Å². The fraction of sp³-hybridized carbons (Fsp3) is 0.353. The molecule has 0 unspecified atom stereocenters. The summed E-state index contributed by atoms with van der Waals surface area (Å²) in [6.07, 6.45) is 0. The molecule has 0 saturated carbocycles. The molecule has 3 aromatic rings. The fourth-order valence-corrected chi connectivity index (χ4v) is 3.26. The second-order valence-electron chi connectivity index (χ2n) is 6.00. The Morgan fingerprint density at radius 1 is 1.04 bits per heavy atom. The molecule has 24 heavy (non-hydrogen) atoms. The molecule has 0 radical (unpaired) electrons. The molecule has 124 valence electrons. The zero-order valence-electron chi connectivity index (χ0n) is 13.8. The Labute approximate surface area is 145 Å². The molecule has 0 spiro atoms. The molecule has 1 N–H and O–H groups in total. The Kier molecular flexibility index (Phi) is 3.86. The van der Waals surface area contributed by atoms with Gasteiger partial charge in [-0.15, -0.1) is 0 Å². The minimum atomic E-state index is 0.708. The summed E-state index contributed by atoms with van der Waals surface area (Å²) in [6, 6.07) is 7.64. The summed E-state index contributed by atoms with van der Waals surface area (Å²) in [7, 11) is 0. The standard InChI is InChI=1S/C17H19ClN6/c1-11-15-16(23-9-7-19-8-10-23)20-12(2)21-17(15)24(22-11)14-5-3-13(18)4-6-14/h3-6,19H,7-10H2,1-2H3. The van der Waals surface area contributed by atoms with E-state index in [2.05, 4.69) is 15.2 Å². The minimum absolute atomic E-state index is 0.708. The van der Waals surface area contributed by atoms with Crippen LogP contribution in [0.2, 0.25) is 5.02 Å². The van der Waals surface area contributed by atoms with Crippen LogP contribution in [0.15, 0.2) is 24.3 Å². The highest BCUT2D eigenvalue weighted by molar-refractivity contribution is 6.30. The lowest BCUT2D eigenvalue weighted by Crippen LogP contribution is -2.44. The van der Waals surface area contributed by atoms with Gasteiger partial charge in [0.1, 0.15) is 11.6 Å². The van der Waals surface area contributed by atoms with Gasteiger partial charge in [-0.25, -0.2) is 14.6 Å². The molecule has 1 aliphatic rings. The van der Waals surface area contributed by atoms with Crippen molar-refractivity contribution >= 4 is 28.5 Å². The Morgan fingerprint density at radius 2 is 1.75 bits per heavy atom. The number of benzene rings is 1. The summed E-state index contributed by atoms with van der Waals surface area (Å²) in [4.78, 5) is 11.7. The molecular weight excluding hydrogens is 324 g/mol. The third-order valence-corrected chi connectivity index (χ3v) is 4.53. The quantitative estimate of drug-likeness (QED) is 0.775. The second kappa shape index (κ2) is 6.03. The Balaban J connectivity index is 1.91. The Bertz CT molecular complexity index is 880.